The highest BCUT2D eigenvalue weighted by atomic mass is 19.1. The van der Waals surface area contributed by atoms with Crippen LogP contribution in [0.25, 0.3) is 0 Å². The molecule has 12 nitrogen and oxygen atoms in total. The van der Waals surface area contributed by atoms with Crippen LogP contribution in [-0.4, -0.2) is 68.0 Å². The second kappa shape index (κ2) is 14.9. The molecule has 0 unspecified atom stereocenters. The number of Topliss-reactive ketones (excluding diaryl/α,β-unsaturated/α-hetero) is 1. The number of hydrogen-bond donors (Lipinski definition) is 0. The normalized spacial score (nSPS) is 25.0. The fourth-order valence-electron chi connectivity index (χ4n) is 10.5. The molecule has 11 rings (SSSR count). The number of methoxy groups -OCH3 is 3. The molecule has 5 heterocycles. The number of para-hydroxylation sites is 1. The Balaban J connectivity index is 1.25. The van der Waals surface area contributed by atoms with Gasteiger partial charge in [0, 0.05) is 22.7 Å². The van der Waals surface area contributed by atoms with Crippen LogP contribution in [0.4, 0.5) is 15.8 Å². The Kier molecular flexibility index (Phi) is 9.41. The number of nitrogens with zero attached hydrogens (tertiary/aromatic N) is 3. The van der Waals surface area contributed by atoms with Gasteiger partial charge in [0.05, 0.1) is 52.1 Å². The summed E-state index contributed by atoms with van der Waals surface area (Å²) < 4.78 is 39.4. The van der Waals surface area contributed by atoms with Crippen molar-refractivity contribution in [2.75, 3.05) is 31.1 Å². The highest BCUT2D eigenvalue weighted by Gasteiger charge is 2.74. The fourth-order valence-corrected chi connectivity index (χ4v) is 10.5. The minimum atomic E-state index is -2.29. The number of amides is 2. The van der Waals surface area contributed by atoms with Gasteiger partial charge in [-0.15, -0.1) is 0 Å². The lowest BCUT2D eigenvalue weighted by atomic mass is 9.53. The van der Waals surface area contributed by atoms with Gasteiger partial charge in [0.2, 0.25) is 11.5 Å². The molecular formula is C50H40FN3O9. The maximum absolute atomic E-state index is 15.9. The van der Waals surface area contributed by atoms with E-state index in [-0.39, 0.29) is 35.5 Å². The standard InChI is InChI=1S/C50H40FN3O9/c1-60-33-21-18-31(19-22-33)43(55)40-34-23-25-39(49(40)36-26-32(51)20-24-38(36)52(47(49)58)27-29-12-6-4-7-13-29)54-42(46(57)62-3)41(45(56)61-2)50(63-44(34)54)35-16-10-11-17-37(35)53(48(50)59)28-30-14-8-5-9-15-30/h4-26,34,39-40,44H,27-28H2,1-3H3/t34-,39+,40-,44+,49+,50-/m1/s1. The molecule has 2 spiro atoms. The molecule has 2 amide bonds. The van der Waals surface area contributed by atoms with Gasteiger partial charge in [-0.2, -0.15) is 0 Å². The van der Waals surface area contributed by atoms with Gasteiger partial charge in [-0.3, -0.25) is 14.4 Å². The second-order valence-corrected chi connectivity index (χ2v) is 16.1. The number of fused-ring (bicyclic) bond motifs is 3. The Hall–Kier alpha value is -7.38. The molecule has 5 aliphatic heterocycles. The Morgan fingerprint density at radius 1 is 0.683 bits per heavy atom. The third-order valence-corrected chi connectivity index (χ3v) is 13.1. The largest absolute Gasteiger partial charge is 0.497 e. The van der Waals surface area contributed by atoms with E-state index in [9.17, 15) is 9.59 Å². The average molecular weight is 846 g/mol. The van der Waals surface area contributed by atoms with Crippen molar-refractivity contribution >= 4 is 40.9 Å². The first kappa shape index (κ1) is 39.7. The van der Waals surface area contributed by atoms with Crippen LogP contribution >= 0.6 is 0 Å². The fraction of sp³-hybridized carbons (Fsp3) is 0.220. The van der Waals surface area contributed by atoms with E-state index in [1.807, 2.05) is 60.7 Å². The van der Waals surface area contributed by atoms with Crippen molar-refractivity contribution in [3.63, 3.8) is 0 Å². The van der Waals surface area contributed by atoms with Gasteiger partial charge in [-0.05, 0) is 65.2 Å². The molecule has 1 aliphatic carbocycles. The molecule has 5 aromatic carbocycles. The molecule has 0 aromatic heterocycles. The zero-order valence-corrected chi connectivity index (χ0v) is 34.4. The quantitative estimate of drug-likeness (QED) is 0.0935. The van der Waals surface area contributed by atoms with Gasteiger partial charge in [0.25, 0.3) is 5.91 Å². The molecule has 6 atom stereocenters. The molecule has 6 aliphatic rings. The lowest BCUT2D eigenvalue weighted by molar-refractivity contribution is -0.216. The van der Waals surface area contributed by atoms with Crippen LogP contribution in [0, 0.1) is 17.7 Å². The van der Waals surface area contributed by atoms with Crippen molar-refractivity contribution < 1.29 is 47.3 Å². The minimum Gasteiger partial charge on any atom is -0.497 e. The summed E-state index contributed by atoms with van der Waals surface area (Å²) in [6.45, 7) is 0.156. The van der Waals surface area contributed by atoms with E-state index in [0.717, 1.165) is 25.3 Å². The van der Waals surface area contributed by atoms with Crippen molar-refractivity contribution in [1.82, 2.24) is 4.90 Å². The molecule has 0 N–H and O–H groups in total. The Morgan fingerprint density at radius 3 is 1.92 bits per heavy atom. The van der Waals surface area contributed by atoms with E-state index in [0.29, 0.717) is 17.1 Å². The Labute approximate surface area is 361 Å². The summed E-state index contributed by atoms with van der Waals surface area (Å²) in [5.74, 6) is -6.31. The van der Waals surface area contributed by atoms with Crippen LogP contribution in [-0.2, 0) is 57.5 Å². The molecule has 316 valence electrons. The van der Waals surface area contributed by atoms with Gasteiger partial charge in [-0.25, -0.2) is 14.0 Å². The van der Waals surface area contributed by atoms with Crippen LogP contribution in [0.2, 0.25) is 0 Å². The molecule has 1 saturated heterocycles. The summed E-state index contributed by atoms with van der Waals surface area (Å²) in [6, 6.07) is 34.6. The summed E-state index contributed by atoms with van der Waals surface area (Å²) in [4.78, 5) is 80.8. The van der Waals surface area contributed by atoms with E-state index in [4.69, 9.17) is 18.9 Å². The summed E-state index contributed by atoms with van der Waals surface area (Å²) >= 11 is 0. The summed E-state index contributed by atoms with van der Waals surface area (Å²) in [5.41, 5.74) is -1.98. The molecular weight excluding hydrogens is 806 g/mol. The average Bonchev–Trinajstić information content (AvgIpc) is 3.68. The monoisotopic (exact) mass is 845 g/mol. The first-order chi connectivity index (χ1) is 30.6. The van der Waals surface area contributed by atoms with Gasteiger partial charge in [0.1, 0.15) is 34.5 Å². The smallest absolute Gasteiger partial charge is 0.355 e. The lowest BCUT2D eigenvalue weighted by Crippen LogP contribution is -2.75. The molecule has 13 heteroatoms. The predicted molar refractivity (Wildman–Crippen MR) is 226 cm³/mol. The number of halogens is 1. The number of anilines is 2. The predicted octanol–water partition coefficient (Wildman–Crippen LogP) is 6.39. The van der Waals surface area contributed by atoms with Crippen LogP contribution in [0.5, 0.6) is 5.75 Å². The third kappa shape index (κ3) is 5.58. The van der Waals surface area contributed by atoms with Crippen LogP contribution < -0.4 is 14.5 Å². The van der Waals surface area contributed by atoms with Gasteiger partial charge < -0.3 is 33.6 Å². The van der Waals surface area contributed by atoms with Crippen LogP contribution in [0.1, 0.15) is 32.6 Å². The van der Waals surface area contributed by atoms with Gasteiger partial charge in [0.15, 0.2) is 5.78 Å². The number of esters is 2. The SMILES string of the molecule is COC(=O)C1=C(C(=O)OC)[C@@]2(O[C@H]3[C@@H]4C=C[C@H](N13)[C@]1(C(=O)N(Cc3ccccc3)c3ccc(F)cc31)[C@H]4C(=O)c1ccc(OC)cc1)C(=O)N(Cc1ccccc1)c1ccccc12. The summed E-state index contributed by atoms with van der Waals surface area (Å²) in [6.07, 6.45) is 2.11. The highest BCUT2D eigenvalue weighted by Crippen LogP contribution is 2.64. The lowest BCUT2D eigenvalue weighted by Gasteiger charge is -2.62. The van der Waals surface area contributed by atoms with Crippen molar-refractivity contribution in [1.29, 1.82) is 0 Å². The molecule has 0 saturated carbocycles. The maximum Gasteiger partial charge on any atom is 0.355 e. The number of ether oxygens (including phenoxy) is 4. The molecule has 0 radical (unpaired) electrons. The molecule has 5 aromatic rings. The number of hydrogen-bond acceptors (Lipinski definition) is 10. The van der Waals surface area contributed by atoms with Crippen LogP contribution in [0.15, 0.2) is 151 Å². The van der Waals surface area contributed by atoms with Crippen molar-refractivity contribution in [3.05, 3.63) is 184 Å². The zero-order chi connectivity index (χ0) is 43.8. The van der Waals surface area contributed by atoms with Crippen molar-refractivity contribution in [3.8, 4) is 5.75 Å². The zero-order valence-electron chi connectivity index (χ0n) is 34.4. The highest BCUT2D eigenvalue weighted by molar-refractivity contribution is 6.18. The summed E-state index contributed by atoms with van der Waals surface area (Å²) in [7, 11) is 3.78. The van der Waals surface area contributed by atoms with E-state index in [2.05, 4.69) is 0 Å². The summed E-state index contributed by atoms with van der Waals surface area (Å²) in [5, 5.41) is 0. The van der Waals surface area contributed by atoms with E-state index < -0.39 is 76.0 Å². The number of benzene rings is 5. The number of piperidine rings is 1. The van der Waals surface area contributed by atoms with E-state index >= 15 is 18.8 Å². The molecule has 2 bridgehead atoms. The van der Waals surface area contributed by atoms with Crippen molar-refractivity contribution in [2.24, 2.45) is 11.8 Å². The number of ketones is 1. The first-order valence-electron chi connectivity index (χ1n) is 20.5. The third-order valence-electron chi connectivity index (χ3n) is 13.1. The molecule has 1 fully saturated rings. The van der Waals surface area contributed by atoms with Crippen molar-refractivity contribution in [2.45, 2.75) is 36.4 Å². The van der Waals surface area contributed by atoms with E-state index in [1.54, 1.807) is 60.7 Å². The van der Waals surface area contributed by atoms with Crippen LogP contribution in [0.3, 0.4) is 0 Å². The van der Waals surface area contributed by atoms with E-state index in [1.165, 1.54) is 40.0 Å². The number of carbonyl (C=O) groups is 5. The Bertz CT molecular complexity index is 2790. The number of carbonyl (C=O) groups excluding carboxylic acids is 5. The van der Waals surface area contributed by atoms with Gasteiger partial charge in [-0.1, -0.05) is 91.0 Å². The second-order valence-electron chi connectivity index (χ2n) is 16.1. The number of rotatable bonds is 9. The topological polar surface area (TPSA) is 132 Å². The first-order valence-corrected chi connectivity index (χ1v) is 20.5. The molecule has 63 heavy (non-hydrogen) atoms. The maximum atomic E-state index is 15.9. The Morgan fingerprint density at radius 2 is 1.29 bits per heavy atom. The van der Waals surface area contributed by atoms with Gasteiger partial charge >= 0.3 is 11.9 Å². The minimum absolute atomic E-state index is 0.0727.